The third kappa shape index (κ3) is 9.80. The second-order valence-corrected chi connectivity index (χ2v) is 9.69. The van der Waals surface area contributed by atoms with Crippen LogP contribution in [-0.2, 0) is 19.1 Å². The molecule has 0 aromatic heterocycles. The normalized spacial score (nSPS) is 19.7. The van der Waals surface area contributed by atoms with Crippen molar-refractivity contribution >= 4 is 26.6 Å². The second-order valence-electron chi connectivity index (χ2n) is 6.84. The zero-order valence-corrected chi connectivity index (χ0v) is 14.7. The van der Waals surface area contributed by atoms with Crippen LogP contribution in [0, 0.1) is 11.8 Å². The van der Waals surface area contributed by atoms with Crippen LogP contribution in [0.2, 0.25) is 0 Å². The molecule has 2 rings (SSSR count). The van der Waals surface area contributed by atoms with Crippen LogP contribution in [-0.4, -0.2) is 38.9 Å². The van der Waals surface area contributed by atoms with Crippen molar-refractivity contribution in [1.82, 2.24) is 0 Å². The zero-order valence-electron chi connectivity index (χ0n) is 13.9. The molecule has 5 heteroatoms. The van der Waals surface area contributed by atoms with Crippen molar-refractivity contribution in [2.75, 3.05) is 12.5 Å². The van der Waals surface area contributed by atoms with Crippen LogP contribution in [0.3, 0.4) is 0 Å². The number of aliphatic carboxylic acids is 1. The van der Waals surface area contributed by atoms with Crippen LogP contribution in [0.15, 0.2) is 0 Å². The fraction of sp³-hybridized carbons (Fsp3) is 0.833. The lowest BCUT2D eigenvalue weighted by molar-refractivity contribution is -0.142. The van der Waals surface area contributed by atoms with Crippen LogP contribution >= 0.6 is 0 Å². The molecule has 0 aliphatic heterocycles. The number of carbonyl (C=O) groups is 2. The molecule has 0 heterocycles. The van der Waals surface area contributed by atoms with Gasteiger partial charge in [0.2, 0.25) is 0 Å². The maximum atomic E-state index is 11.6. The van der Waals surface area contributed by atoms with Crippen molar-refractivity contribution in [3.63, 3.8) is 0 Å². The summed E-state index contributed by atoms with van der Waals surface area (Å²) in [6, 6.07) is 0. The molecule has 0 aromatic rings. The molecule has 0 bridgehead atoms. The van der Waals surface area contributed by atoms with E-state index >= 15 is 0 Å². The lowest BCUT2D eigenvalue weighted by Crippen LogP contribution is -2.21. The number of hydrogen-bond acceptors (Lipinski definition) is 3. The predicted octanol–water partition coefficient (Wildman–Crippen LogP) is 3.77. The lowest BCUT2D eigenvalue weighted by Gasteiger charge is -2.18. The lowest BCUT2D eigenvalue weighted by atomic mass is 9.87. The first-order valence-electron chi connectivity index (χ1n) is 8.35. The second kappa shape index (κ2) is 10.8. The molecule has 0 radical (unpaired) electrons. The highest BCUT2D eigenvalue weighted by atomic mass is 32.2. The molecular weight excluding hydrogens is 312 g/mol. The van der Waals surface area contributed by atoms with Gasteiger partial charge in [0.15, 0.2) is 5.78 Å². The SMILES string of the molecule is C.CS(C)(=O)=CC(=O)C1CCCCC1.O=C(O)C1CCCCC1. The molecule has 136 valence electrons. The van der Waals surface area contributed by atoms with Crippen molar-refractivity contribution in [3.8, 4) is 0 Å². The van der Waals surface area contributed by atoms with Gasteiger partial charge >= 0.3 is 5.97 Å². The minimum Gasteiger partial charge on any atom is -0.481 e. The van der Waals surface area contributed by atoms with Crippen LogP contribution < -0.4 is 0 Å². The number of hydrogen-bond donors (Lipinski definition) is 1. The van der Waals surface area contributed by atoms with Crippen LogP contribution in [0.1, 0.15) is 71.6 Å². The standard InChI is InChI=1S/C10H18O2S.C7H12O2.CH4/c1-13(2,12)8-10(11)9-6-4-3-5-7-9;8-7(9)6-4-2-1-3-5-6;/h8-9H,3-7H2,1-2H3;6H,1-5H2,(H,8,9);1H4. The predicted molar refractivity (Wildman–Crippen MR) is 98.6 cm³/mol. The largest absolute Gasteiger partial charge is 0.481 e. The highest BCUT2D eigenvalue weighted by Crippen LogP contribution is 2.24. The Kier molecular flexibility index (Phi) is 10.4. The summed E-state index contributed by atoms with van der Waals surface area (Å²) in [6.45, 7) is 0. The molecule has 4 nitrogen and oxygen atoms in total. The Morgan fingerprint density at radius 1 is 0.870 bits per heavy atom. The minimum atomic E-state index is -2.00. The summed E-state index contributed by atoms with van der Waals surface area (Å²) in [5, 5.41) is 9.97. The van der Waals surface area contributed by atoms with Crippen LogP contribution in [0.5, 0.6) is 0 Å². The first kappa shape index (κ1) is 22.2. The van der Waals surface area contributed by atoms with E-state index in [1.54, 1.807) is 12.5 Å². The highest BCUT2D eigenvalue weighted by Gasteiger charge is 2.20. The first-order chi connectivity index (χ1) is 10.3. The van der Waals surface area contributed by atoms with Crippen molar-refractivity contribution < 1.29 is 18.9 Å². The van der Waals surface area contributed by atoms with Crippen LogP contribution in [0.4, 0.5) is 0 Å². The van der Waals surface area contributed by atoms with Gasteiger partial charge in [-0.15, -0.1) is 0 Å². The van der Waals surface area contributed by atoms with Gasteiger partial charge in [-0.2, -0.15) is 0 Å². The molecule has 0 aromatic carbocycles. The monoisotopic (exact) mass is 346 g/mol. The average Bonchev–Trinajstić information content (AvgIpc) is 2.48. The summed E-state index contributed by atoms with van der Waals surface area (Å²) >= 11 is 0. The number of rotatable bonds is 3. The maximum absolute atomic E-state index is 11.6. The van der Waals surface area contributed by atoms with E-state index in [2.05, 4.69) is 0 Å². The van der Waals surface area contributed by atoms with E-state index in [1.165, 1.54) is 18.2 Å². The zero-order chi connectivity index (χ0) is 16.6. The molecule has 0 unspecified atom stereocenters. The molecule has 2 saturated carbocycles. The molecule has 2 aliphatic carbocycles. The Labute approximate surface area is 142 Å². The number of carboxylic acids is 1. The van der Waals surface area contributed by atoms with Gasteiger partial charge in [-0.05, 0) is 35.2 Å². The number of ketones is 1. The summed E-state index contributed by atoms with van der Waals surface area (Å²) in [6.07, 6.45) is 14.0. The molecule has 2 fully saturated rings. The van der Waals surface area contributed by atoms with Gasteiger partial charge < -0.3 is 5.11 Å². The van der Waals surface area contributed by atoms with Gasteiger partial charge in [-0.3, -0.25) is 13.8 Å². The van der Waals surface area contributed by atoms with Gasteiger partial charge in [0.25, 0.3) is 0 Å². The Morgan fingerprint density at radius 3 is 1.57 bits per heavy atom. The van der Waals surface area contributed by atoms with Crippen molar-refractivity contribution in [2.24, 2.45) is 11.8 Å². The van der Waals surface area contributed by atoms with E-state index in [0.29, 0.717) is 0 Å². The molecule has 0 spiro atoms. The maximum Gasteiger partial charge on any atom is 0.306 e. The third-order valence-corrected chi connectivity index (χ3v) is 5.16. The van der Waals surface area contributed by atoms with Crippen molar-refractivity contribution in [1.29, 1.82) is 0 Å². The quantitative estimate of drug-likeness (QED) is 0.790. The summed E-state index contributed by atoms with van der Waals surface area (Å²) in [4.78, 5) is 21.9. The summed E-state index contributed by atoms with van der Waals surface area (Å²) in [5.41, 5.74) is 0. The Bertz CT molecular complexity index is 469. The summed E-state index contributed by atoms with van der Waals surface area (Å²) in [7, 11) is -2.00. The van der Waals surface area contributed by atoms with E-state index in [1.807, 2.05) is 0 Å². The van der Waals surface area contributed by atoms with Crippen molar-refractivity contribution in [3.05, 3.63) is 0 Å². The molecular formula is C18H34O4S. The molecule has 2 aliphatic rings. The van der Waals surface area contributed by atoms with Gasteiger partial charge in [0.05, 0.1) is 5.92 Å². The van der Waals surface area contributed by atoms with Gasteiger partial charge in [0.1, 0.15) is 0 Å². The number of carboxylic acid groups (broad SMARTS) is 1. The number of carbonyl (C=O) groups excluding carboxylic acids is 1. The Morgan fingerprint density at radius 2 is 1.26 bits per heavy atom. The van der Waals surface area contributed by atoms with Crippen molar-refractivity contribution in [2.45, 2.75) is 71.6 Å². The fourth-order valence-corrected chi connectivity index (χ4v) is 3.86. The highest BCUT2D eigenvalue weighted by molar-refractivity contribution is 8.01. The van der Waals surface area contributed by atoms with E-state index < -0.39 is 15.5 Å². The topological polar surface area (TPSA) is 71.4 Å². The molecule has 0 saturated heterocycles. The van der Waals surface area contributed by atoms with Gasteiger partial charge in [-0.1, -0.05) is 46.0 Å². The smallest absolute Gasteiger partial charge is 0.306 e. The summed E-state index contributed by atoms with van der Waals surface area (Å²) in [5.74, 6) is -0.363. The Balaban J connectivity index is 0.000000427. The van der Waals surface area contributed by atoms with E-state index in [9.17, 15) is 13.8 Å². The average molecular weight is 347 g/mol. The number of Topliss-reactive ketones (excluding diaryl/α,β-unsaturated/α-hetero) is 1. The van der Waals surface area contributed by atoms with Gasteiger partial charge in [0, 0.05) is 23.8 Å². The Hall–Kier alpha value is -0.840. The third-order valence-electron chi connectivity index (χ3n) is 4.36. The molecule has 1 N–H and O–H groups in total. The van der Waals surface area contributed by atoms with Gasteiger partial charge in [-0.25, -0.2) is 0 Å². The molecule has 0 atom stereocenters. The van der Waals surface area contributed by atoms with E-state index in [-0.39, 0.29) is 25.0 Å². The van der Waals surface area contributed by atoms with E-state index in [0.717, 1.165) is 51.4 Å². The minimum absolute atomic E-state index is 0. The first-order valence-corrected chi connectivity index (χ1v) is 10.8. The van der Waals surface area contributed by atoms with E-state index in [4.69, 9.17) is 5.11 Å². The summed E-state index contributed by atoms with van der Waals surface area (Å²) < 4.78 is 11.4. The fourth-order valence-electron chi connectivity index (χ4n) is 3.11. The molecule has 0 amide bonds. The molecule has 23 heavy (non-hydrogen) atoms. The van der Waals surface area contributed by atoms with Crippen LogP contribution in [0.25, 0.3) is 0 Å².